The molecule has 74 heavy (non-hydrogen) atoms. The average Bonchev–Trinajstić information content (AvgIpc) is 4.04. The molecule has 0 amide bonds. The van der Waals surface area contributed by atoms with E-state index in [0.29, 0.717) is 11.1 Å². The summed E-state index contributed by atoms with van der Waals surface area (Å²) >= 11 is 0. The number of nitriles is 2. The maximum atomic E-state index is 9.53. The molecule has 0 saturated carbocycles. The molecule has 11 rings (SSSR count). The number of aromatic nitrogens is 4. The molecule has 7 aromatic carbocycles. The van der Waals surface area contributed by atoms with E-state index in [-0.39, 0.29) is 31.9 Å². The van der Waals surface area contributed by atoms with E-state index < -0.39 is 0 Å². The van der Waals surface area contributed by atoms with Gasteiger partial charge in [-0.05, 0) is 116 Å². The molecule has 0 aliphatic rings. The number of pyridine rings is 2. The van der Waals surface area contributed by atoms with E-state index in [2.05, 4.69) is 181 Å². The number of hydrogen-bond donors (Lipinski definition) is 0. The Morgan fingerprint density at radius 3 is 1.74 bits per heavy atom. The second-order valence-electron chi connectivity index (χ2n) is 19.0. The van der Waals surface area contributed by atoms with Crippen molar-refractivity contribution < 1.29 is 29.1 Å². The standard InChI is InChI=1S/C37H29N3.C29H22N3O.Ir/c1-24(2)33-18-31(28-12-6-5-7-13-28)19-34(25(3)4)37(33)32-20-35(29-14-8-10-26(16-29)22-38)40-36(21-32)30-15-9-11-27(17-30)23-39;1-19-13-27(30-17-20(19)2)26-16-23(32-12-11-31(3)18-32)15-25-24-10-9-22(14-28(24)33-29(25)26)21-7-5-4-6-8-21;/h5-13,16-21,24-25H,1-4H3;4-15,17H,1-3H3;/q-2;-1;. The van der Waals surface area contributed by atoms with Gasteiger partial charge >= 0.3 is 0 Å². The van der Waals surface area contributed by atoms with Crippen LogP contribution < -0.4 is 4.57 Å². The fraction of sp³-hybridized carbons (Fsp3) is 0.136. The number of aryl methyl sites for hydroxylation is 3. The zero-order chi connectivity index (χ0) is 50.8. The molecule has 0 aliphatic carbocycles. The topological polar surface area (TPSA) is 95.3 Å². The summed E-state index contributed by atoms with van der Waals surface area (Å²) in [6.07, 6.45) is 9.13. The largest absolute Gasteiger partial charge is 0.501 e. The molecule has 0 aliphatic heterocycles. The molecule has 363 valence electrons. The molecule has 8 heteroatoms. The fourth-order valence-corrected chi connectivity index (χ4v) is 9.27. The second kappa shape index (κ2) is 21.7. The van der Waals surface area contributed by atoms with Crippen molar-refractivity contribution >= 4 is 21.9 Å². The molecule has 4 aromatic heterocycles. The molecule has 0 N–H and O–H groups in total. The number of imidazole rings is 1. The Hall–Kier alpha value is -8.52. The Morgan fingerprint density at radius 1 is 0.608 bits per heavy atom. The maximum absolute atomic E-state index is 9.53. The zero-order valence-corrected chi connectivity index (χ0v) is 44.6. The number of benzene rings is 7. The fourth-order valence-electron chi connectivity index (χ4n) is 9.27. The Balaban J connectivity index is 0.000000182. The third-order valence-electron chi connectivity index (χ3n) is 13.3. The summed E-state index contributed by atoms with van der Waals surface area (Å²) in [6.45, 7) is 13.1. The Morgan fingerprint density at radius 2 is 1.20 bits per heavy atom. The van der Waals surface area contributed by atoms with Gasteiger partial charge in [0, 0.05) is 44.1 Å². The van der Waals surface area contributed by atoms with Crippen molar-refractivity contribution in [3.63, 3.8) is 0 Å². The zero-order valence-electron chi connectivity index (χ0n) is 42.2. The van der Waals surface area contributed by atoms with Crippen LogP contribution in [0, 0.1) is 61.0 Å². The van der Waals surface area contributed by atoms with Gasteiger partial charge in [-0.25, -0.2) is 0 Å². The number of furan rings is 1. The Labute approximate surface area is 447 Å². The van der Waals surface area contributed by atoms with Gasteiger partial charge in [0.2, 0.25) is 6.33 Å². The van der Waals surface area contributed by atoms with Crippen LogP contribution in [0.5, 0.6) is 0 Å². The molecule has 0 unspecified atom stereocenters. The Kier molecular flexibility index (Phi) is 14.8. The number of hydrogen-bond acceptors (Lipinski definition) is 5. The van der Waals surface area contributed by atoms with Gasteiger partial charge in [0.05, 0.1) is 24.8 Å². The van der Waals surface area contributed by atoms with Crippen LogP contribution in [0.1, 0.15) is 72.9 Å². The second-order valence-corrected chi connectivity index (χ2v) is 19.0. The van der Waals surface area contributed by atoms with Crippen molar-refractivity contribution in [3.8, 4) is 85.0 Å². The van der Waals surface area contributed by atoms with Gasteiger partial charge in [-0.15, -0.1) is 71.8 Å². The van der Waals surface area contributed by atoms with Crippen molar-refractivity contribution in [1.29, 1.82) is 10.5 Å². The minimum absolute atomic E-state index is 0. The average molecular weight is 1140 g/mol. The number of fused-ring (bicyclic) bond motifs is 3. The van der Waals surface area contributed by atoms with Crippen LogP contribution in [-0.4, -0.2) is 14.5 Å². The van der Waals surface area contributed by atoms with Crippen molar-refractivity contribution in [2.24, 2.45) is 7.05 Å². The summed E-state index contributed by atoms with van der Waals surface area (Å²) in [5, 5.41) is 21.2. The molecule has 4 heterocycles. The van der Waals surface area contributed by atoms with Gasteiger partial charge in [-0.3, -0.25) is 0 Å². The van der Waals surface area contributed by atoms with Crippen LogP contribution >= 0.6 is 0 Å². The van der Waals surface area contributed by atoms with Crippen LogP contribution in [0.4, 0.5) is 0 Å². The van der Waals surface area contributed by atoms with E-state index in [1.807, 2.05) is 59.0 Å². The van der Waals surface area contributed by atoms with Crippen molar-refractivity contribution in [2.45, 2.75) is 53.4 Å². The molecule has 0 atom stereocenters. The normalized spacial score (nSPS) is 11.0. The summed E-state index contributed by atoms with van der Waals surface area (Å²) in [7, 11) is 1.96. The summed E-state index contributed by atoms with van der Waals surface area (Å²) < 4.78 is 10.3. The van der Waals surface area contributed by atoms with E-state index in [0.717, 1.165) is 83.7 Å². The summed E-state index contributed by atoms with van der Waals surface area (Å²) in [6, 6.07) is 65.5. The van der Waals surface area contributed by atoms with Crippen molar-refractivity contribution in [3.05, 3.63) is 228 Å². The first-order valence-corrected chi connectivity index (χ1v) is 24.4. The van der Waals surface area contributed by atoms with Gasteiger partial charge < -0.3 is 23.5 Å². The van der Waals surface area contributed by atoms with Crippen molar-refractivity contribution in [1.82, 2.24) is 14.5 Å². The van der Waals surface area contributed by atoms with Crippen LogP contribution in [-0.2, 0) is 27.2 Å². The van der Waals surface area contributed by atoms with E-state index >= 15 is 0 Å². The molecule has 0 bridgehead atoms. The summed E-state index contributed by atoms with van der Waals surface area (Å²) in [5.74, 6) is 0.552. The predicted molar refractivity (Wildman–Crippen MR) is 291 cm³/mol. The third kappa shape index (κ3) is 10.4. The summed E-state index contributed by atoms with van der Waals surface area (Å²) in [5.41, 5.74) is 20.1. The minimum atomic E-state index is 0. The maximum Gasteiger partial charge on any atom is 0.241 e. The van der Waals surface area contributed by atoms with Gasteiger partial charge in [0.15, 0.2) is 0 Å². The number of rotatable bonds is 9. The number of nitrogens with zero attached hydrogens (tertiary/aromatic N) is 6. The van der Waals surface area contributed by atoms with E-state index in [4.69, 9.17) is 14.4 Å². The SMILES string of the molecule is CC(C)c1cc(-c2ccccc2)cc(C(C)C)c1-c1cc(-c2[c-]ccc(C#N)c2)nc(-c2[c-]ccc(C#N)c2)c1.Cc1cnc(-c2[c-]c(-n3[c-][n+](C)cc3)cc3c2oc2cc(-c4ccccc4)ccc23)cc1C.[Ir]. The van der Waals surface area contributed by atoms with Crippen LogP contribution in [0.3, 0.4) is 0 Å². The van der Waals surface area contributed by atoms with E-state index in [9.17, 15) is 10.5 Å². The molecule has 11 aromatic rings. The summed E-state index contributed by atoms with van der Waals surface area (Å²) in [4.78, 5) is 9.70. The van der Waals surface area contributed by atoms with E-state index in [1.165, 1.54) is 33.4 Å². The van der Waals surface area contributed by atoms with Gasteiger partial charge in [0.25, 0.3) is 0 Å². The van der Waals surface area contributed by atoms with Crippen molar-refractivity contribution in [2.75, 3.05) is 0 Å². The van der Waals surface area contributed by atoms with Gasteiger partial charge in [-0.2, -0.15) is 10.5 Å². The molecule has 7 nitrogen and oxygen atoms in total. The first-order chi connectivity index (χ1) is 35.4. The predicted octanol–water partition coefficient (Wildman–Crippen LogP) is 15.5. The van der Waals surface area contributed by atoms with Gasteiger partial charge in [-0.1, -0.05) is 147 Å². The quantitative estimate of drug-likeness (QED) is 0.106. The van der Waals surface area contributed by atoms with Crippen LogP contribution in [0.2, 0.25) is 0 Å². The molecule has 0 fully saturated rings. The third-order valence-corrected chi connectivity index (χ3v) is 13.3. The van der Waals surface area contributed by atoms with E-state index in [1.54, 1.807) is 24.3 Å². The van der Waals surface area contributed by atoms with Gasteiger partial charge in [0.1, 0.15) is 5.58 Å². The minimum Gasteiger partial charge on any atom is -0.501 e. The molecule has 0 saturated heterocycles. The monoisotopic (exact) mass is 1140 g/mol. The van der Waals surface area contributed by atoms with Crippen LogP contribution in [0.25, 0.3) is 94.8 Å². The molecular formula is C66H51IrN6O-3. The first kappa shape index (κ1) is 50.4. The molecule has 0 spiro atoms. The Bertz CT molecular complexity index is 3830. The molecule has 1 radical (unpaired) electrons. The first-order valence-electron chi connectivity index (χ1n) is 24.4. The van der Waals surface area contributed by atoms with Crippen LogP contribution in [0.15, 0.2) is 175 Å². The molecular weight excluding hydrogens is 1080 g/mol. The smallest absolute Gasteiger partial charge is 0.241 e.